The highest BCUT2D eigenvalue weighted by Gasteiger charge is 2.20. The van der Waals surface area contributed by atoms with Gasteiger partial charge in [-0.1, -0.05) is 23.7 Å². The Morgan fingerprint density at radius 3 is 2.62 bits per heavy atom. The molecule has 2 N–H and O–H groups in total. The number of furan rings is 2. The van der Waals surface area contributed by atoms with Crippen molar-refractivity contribution in [3.05, 3.63) is 92.3 Å². The summed E-state index contributed by atoms with van der Waals surface area (Å²) in [4.78, 5) is 27.6. The van der Waals surface area contributed by atoms with Gasteiger partial charge in [0.25, 0.3) is 5.91 Å². The number of nitrogens with one attached hydrogen (secondary N) is 1. The summed E-state index contributed by atoms with van der Waals surface area (Å²) in [6, 6.07) is 12.3. The zero-order valence-corrected chi connectivity index (χ0v) is 19.9. The Labute approximate surface area is 201 Å². The molecule has 0 saturated carbocycles. The average molecular weight is 484 g/mol. The molecule has 0 radical (unpaired) electrons. The number of rotatable bonds is 8. The summed E-state index contributed by atoms with van der Waals surface area (Å²) in [6.07, 6.45) is 0.687. The van der Waals surface area contributed by atoms with Crippen molar-refractivity contribution in [1.29, 1.82) is 0 Å². The molecule has 0 aliphatic rings. The normalized spacial score (nSPS) is 12.4. The van der Waals surface area contributed by atoms with Gasteiger partial charge in [-0.2, -0.15) is 0 Å². The molecule has 3 heterocycles. The highest BCUT2D eigenvalue weighted by atomic mass is 35.5. The minimum absolute atomic E-state index is 0.0354. The molecule has 0 spiro atoms. The maximum absolute atomic E-state index is 13.0. The van der Waals surface area contributed by atoms with E-state index in [9.17, 15) is 14.7 Å². The molecule has 1 amide bonds. The Bertz CT molecular complexity index is 1370. The molecule has 1 aromatic carbocycles. The number of hydrogen-bond acceptors (Lipinski definition) is 6. The van der Waals surface area contributed by atoms with Crippen LogP contribution in [-0.2, 0) is 20.1 Å². The topological polar surface area (TPSA) is 101 Å². The largest absolute Gasteiger partial charge is 0.464 e. The minimum atomic E-state index is -0.787. The second-order valence-electron chi connectivity index (χ2n) is 8.38. The minimum Gasteiger partial charge on any atom is -0.464 e. The first-order valence-corrected chi connectivity index (χ1v) is 11.2. The average Bonchev–Trinajstić information content (AvgIpc) is 3.42. The predicted octanol–water partition coefficient (Wildman–Crippen LogP) is 3.78. The van der Waals surface area contributed by atoms with E-state index >= 15 is 0 Å². The standard InChI is InChI=1S/C25H26ClN3O5/c1-15-4-9-22(33-15)21(30)14-28(2)12-18-10-19-23(31)20(13-29(3)25(19)34-18)24(32)27-11-16-5-7-17(26)8-6-16/h4-10,13,21,30H,11-12,14H2,1-3H3,(H,27,32)/t21-/m0/s1. The molecule has 0 aliphatic heterocycles. The van der Waals surface area contributed by atoms with Crippen molar-refractivity contribution in [2.75, 3.05) is 13.6 Å². The maximum Gasteiger partial charge on any atom is 0.257 e. The van der Waals surface area contributed by atoms with Gasteiger partial charge < -0.3 is 23.8 Å². The third-order valence-corrected chi connectivity index (χ3v) is 5.76. The molecule has 1 atom stereocenters. The molecule has 0 unspecified atom stereocenters. The van der Waals surface area contributed by atoms with Crippen molar-refractivity contribution in [3.63, 3.8) is 0 Å². The summed E-state index contributed by atoms with van der Waals surface area (Å²) in [5.41, 5.74) is 0.889. The molecule has 34 heavy (non-hydrogen) atoms. The summed E-state index contributed by atoms with van der Waals surface area (Å²) >= 11 is 5.89. The molecule has 3 aromatic heterocycles. The monoisotopic (exact) mass is 483 g/mol. The van der Waals surface area contributed by atoms with E-state index in [2.05, 4.69) is 5.32 Å². The third kappa shape index (κ3) is 5.25. The molecule has 4 aromatic rings. The number of fused-ring (bicyclic) bond motifs is 1. The van der Waals surface area contributed by atoms with E-state index in [1.807, 2.05) is 31.0 Å². The molecule has 0 fully saturated rings. The van der Waals surface area contributed by atoms with Crippen molar-refractivity contribution in [2.24, 2.45) is 7.05 Å². The SMILES string of the molecule is Cc1ccc([C@@H](O)CN(C)Cc2cc3c(=O)c(C(=O)NCc4ccc(Cl)cc4)cn(C)c3o2)o1. The summed E-state index contributed by atoms with van der Waals surface area (Å²) in [7, 11) is 3.55. The number of amides is 1. The van der Waals surface area contributed by atoms with Crippen LogP contribution in [0.2, 0.25) is 5.02 Å². The molecule has 4 rings (SSSR count). The first-order chi connectivity index (χ1) is 16.2. The van der Waals surface area contributed by atoms with E-state index in [0.717, 1.165) is 11.3 Å². The number of benzene rings is 1. The van der Waals surface area contributed by atoms with Crippen LogP contribution in [-0.4, -0.2) is 34.1 Å². The zero-order valence-electron chi connectivity index (χ0n) is 19.2. The number of aromatic nitrogens is 1. The smallest absolute Gasteiger partial charge is 0.257 e. The maximum atomic E-state index is 13.0. The van der Waals surface area contributed by atoms with Gasteiger partial charge in [-0.3, -0.25) is 14.5 Å². The number of carbonyl (C=O) groups is 1. The molecule has 0 saturated heterocycles. The van der Waals surface area contributed by atoms with Crippen LogP contribution in [0.3, 0.4) is 0 Å². The fourth-order valence-corrected chi connectivity index (χ4v) is 3.91. The second-order valence-corrected chi connectivity index (χ2v) is 8.82. The Morgan fingerprint density at radius 2 is 1.94 bits per heavy atom. The number of aryl methyl sites for hydroxylation is 2. The van der Waals surface area contributed by atoms with E-state index in [-0.39, 0.29) is 12.1 Å². The number of likely N-dealkylation sites (N-methyl/N-ethyl adjacent to an activating group) is 1. The number of carbonyl (C=O) groups excluding carboxylic acids is 1. The van der Waals surface area contributed by atoms with Gasteiger partial charge in [-0.15, -0.1) is 0 Å². The lowest BCUT2D eigenvalue weighted by Gasteiger charge is -2.18. The fourth-order valence-electron chi connectivity index (χ4n) is 3.78. The van der Waals surface area contributed by atoms with Crippen LogP contribution < -0.4 is 10.7 Å². The van der Waals surface area contributed by atoms with E-state index in [1.165, 1.54) is 6.20 Å². The van der Waals surface area contributed by atoms with Crippen LogP contribution in [0.1, 0.15) is 39.3 Å². The highest BCUT2D eigenvalue weighted by Crippen LogP contribution is 2.21. The number of nitrogens with zero attached hydrogens (tertiary/aromatic N) is 2. The van der Waals surface area contributed by atoms with Crippen LogP contribution >= 0.6 is 11.6 Å². The third-order valence-electron chi connectivity index (χ3n) is 5.51. The van der Waals surface area contributed by atoms with Gasteiger partial charge in [0.2, 0.25) is 11.1 Å². The summed E-state index contributed by atoms with van der Waals surface area (Å²) in [5.74, 6) is 1.31. The number of hydrogen-bond donors (Lipinski definition) is 2. The first kappa shape index (κ1) is 23.8. The molecular weight excluding hydrogens is 458 g/mol. The van der Waals surface area contributed by atoms with E-state index in [0.29, 0.717) is 40.7 Å². The molecule has 0 aliphatic carbocycles. The van der Waals surface area contributed by atoms with Crippen LogP contribution in [0.25, 0.3) is 11.1 Å². The van der Waals surface area contributed by atoms with Gasteiger partial charge in [-0.05, 0) is 49.9 Å². The van der Waals surface area contributed by atoms with Crippen molar-refractivity contribution >= 4 is 28.6 Å². The molecular formula is C25H26ClN3O5. The zero-order chi connectivity index (χ0) is 24.4. The van der Waals surface area contributed by atoms with Gasteiger partial charge >= 0.3 is 0 Å². The lowest BCUT2D eigenvalue weighted by atomic mass is 10.2. The Kier molecular flexibility index (Phi) is 6.92. The van der Waals surface area contributed by atoms with Gasteiger partial charge in [0.05, 0.1) is 11.9 Å². The van der Waals surface area contributed by atoms with E-state index in [1.54, 1.807) is 41.9 Å². The van der Waals surface area contributed by atoms with E-state index in [4.69, 9.17) is 20.4 Å². The quantitative estimate of drug-likeness (QED) is 0.395. The van der Waals surface area contributed by atoms with Gasteiger partial charge in [0.15, 0.2) is 0 Å². The molecule has 0 bridgehead atoms. The number of aliphatic hydroxyl groups excluding tert-OH is 1. The van der Waals surface area contributed by atoms with Crippen LogP contribution in [0.5, 0.6) is 0 Å². The van der Waals surface area contributed by atoms with Crippen molar-refractivity contribution in [3.8, 4) is 0 Å². The number of halogens is 1. The molecule has 8 nitrogen and oxygen atoms in total. The van der Waals surface area contributed by atoms with Gasteiger partial charge in [-0.25, -0.2) is 0 Å². The lowest BCUT2D eigenvalue weighted by Crippen LogP contribution is -2.29. The Hall–Kier alpha value is -3.33. The molecule has 9 heteroatoms. The van der Waals surface area contributed by atoms with Crippen LogP contribution in [0, 0.1) is 6.92 Å². The second kappa shape index (κ2) is 9.89. The fraction of sp³-hybridized carbons (Fsp3) is 0.280. The van der Waals surface area contributed by atoms with Gasteiger partial charge in [0, 0.05) is 31.4 Å². The van der Waals surface area contributed by atoms with E-state index < -0.39 is 17.4 Å². The van der Waals surface area contributed by atoms with Crippen LogP contribution in [0.4, 0.5) is 0 Å². The highest BCUT2D eigenvalue weighted by molar-refractivity contribution is 6.30. The molecule has 178 valence electrons. The summed E-state index contributed by atoms with van der Waals surface area (Å²) in [6.45, 7) is 2.78. The van der Waals surface area contributed by atoms with Crippen molar-refractivity contribution < 1.29 is 18.7 Å². The predicted molar refractivity (Wildman–Crippen MR) is 129 cm³/mol. The number of pyridine rings is 1. The van der Waals surface area contributed by atoms with Crippen molar-refractivity contribution in [2.45, 2.75) is 26.1 Å². The first-order valence-electron chi connectivity index (χ1n) is 10.8. The Morgan fingerprint density at radius 1 is 1.21 bits per heavy atom. The summed E-state index contributed by atoms with van der Waals surface area (Å²) in [5, 5.41) is 14.1. The summed E-state index contributed by atoms with van der Waals surface area (Å²) < 4.78 is 13.0. The lowest BCUT2D eigenvalue weighted by molar-refractivity contribution is 0.0949. The number of aliphatic hydroxyl groups is 1. The van der Waals surface area contributed by atoms with Crippen LogP contribution in [0.15, 0.2) is 62.3 Å². The van der Waals surface area contributed by atoms with Gasteiger partial charge in [0.1, 0.15) is 28.9 Å². The Balaban J connectivity index is 1.48. The van der Waals surface area contributed by atoms with Crippen molar-refractivity contribution in [1.82, 2.24) is 14.8 Å².